The standard InChI is InChI=1S/C23H26N2O6/c1-4-15-5-7-17(8-6-15)25-13-16(11-22(25)27)23(28)31-14-21(26)24-19-10-9-18(29-2)12-20(19)30-3/h5-10,12,16H,4,11,13-14H2,1-3H3,(H,24,26). The van der Waals surface area contributed by atoms with Crippen LogP contribution in [-0.2, 0) is 25.5 Å². The summed E-state index contributed by atoms with van der Waals surface area (Å²) in [5, 5.41) is 2.64. The van der Waals surface area contributed by atoms with Gasteiger partial charge < -0.3 is 24.4 Å². The summed E-state index contributed by atoms with van der Waals surface area (Å²) in [6, 6.07) is 12.6. The van der Waals surface area contributed by atoms with Crippen molar-refractivity contribution in [2.45, 2.75) is 19.8 Å². The molecule has 3 rings (SSSR count). The molecular weight excluding hydrogens is 400 g/mol. The van der Waals surface area contributed by atoms with Crippen molar-refractivity contribution in [3.8, 4) is 11.5 Å². The molecule has 1 saturated heterocycles. The van der Waals surface area contributed by atoms with Gasteiger partial charge in [-0.1, -0.05) is 19.1 Å². The fourth-order valence-electron chi connectivity index (χ4n) is 3.37. The molecule has 1 N–H and O–H groups in total. The maximum Gasteiger partial charge on any atom is 0.311 e. The molecule has 1 fully saturated rings. The number of carbonyl (C=O) groups is 3. The lowest BCUT2D eigenvalue weighted by Crippen LogP contribution is -2.28. The largest absolute Gasteiger partial charge is 0.497 e. The molecule has 1 aliphatic rings. The molecule has 1 aliphatic heterocycles. The molecule has 2 aromatic rings. The Labute approximate surface area is 181 Å². The van der Waals surface area contributed by atoms with E-state index >= 15 is 0 Å². The number of aryl methyl sites for hydroxylation is 1. The van der Waals surface area contributed by atoms with Crippen LogP contribution in [0.1, 0.15) is 18.9 Å². The monoisotopic (exact) mass is 426 g/mol. The van der Waals surface area contributed by atoms with Gasteiger partial charge in [-0.15, -0.1) is 0 Å². The summed E-state index contributed by atoms with van der Waals surface area (Å²) in [4.78, 5) is 38.6. The topological polar surface area (TPSA) is 94.2 Å². The van der Waals surface area contributed by atoms with E-state index in [9.17, 15) is 14.4 Å². The second kappa shape index (κ2) is 9.97. The summed E-state index contributed by atoms with van der Waals surface area (Å²) in [6.07, 6.45) is 0.968. The SMILES string of the molecule is CCc1ccc(N2CC(C(=O)OCC(=O)Nc3ccc(OC)cc3OC)CC2=O)cc1. The summed E-state index contributed by atoms with van der Waals surface area (Å²) in [5.41, 5.74) is 2.36. The highest BCUT2D eigenvalue weighted by Gasteiger charge is 2.36. The Hall–Kier alpha value is -3.55. The smallest absolute Gasteiger partial charge is 0.311 e. The maximum absolute atomic E-state index is 12.4. The van der Waals surface area contributed by atoms with Crippen molar-refractivity contribution < 1.29 is 28.6 Å². The van der Waals surface area contributed by atoms with Crippen LogP contribution in [-0.4, -0.2) is 45.2 Å². The van der Waals surface area contributed by atoms with Crippen LogP contribution in [0.4, 0.5) is 11.4 Å². The van der Waals surface area contributed by atoms with Crippen molar-refractivity contribution in [1.82, 2.24) is 0 Å². The summed E-state index contributed by atoms with van der Waals surface area (Å²) >= 11 is 0. The molecule has 1 atom stereocenters. The van der Waals surface area contributed by atoms with Gasteiger partial charge in [0.25, 0.3) is 5.91 Å². The zero-order chi connectivity index (χ0) is 22.4. The van der Waals surface area contributed by atoms with Gasteiger partial charge >= 0.3 is 5.97 Å². The molecule has 0 aromatic heterocycles. The van der Waals surface area contributed by atoms with Gasteiger partial charge in [-0.2, -0.15) is 0 Å². The van der Waals surface area contributed by atoms with Crippen LogP contribution >= 0.6 is 0 Å². The first-order chi connectivity index (χ1) is 14.9. The number of anilines is 2. The van der Waals surface area contributed by atoms with Crippen LogP contribution in [0, 0.1) is 5.92 Å². The Morgan fingerprint density at radius 3 is 2.48 bits per heavy atom. The molecule has 164 valence electrons. The number of rotatable bonds is 8. The number of esters is 1. The lowest BCUT2D eigenvalue weighted by molar-refractivity contribution is -0.151. The van der Waals surface area contributed by atoms with Crippen molar-refractivity contribution in [3.63, 3.8) is 0 Å². The molecular formula is C23H26N2O6. The fourth-order valence-corrected chi connectivity index (χ4v) is 3.37. The van der Waals surface area contributed by atoms with E-state index in [2.05, 4.69) is 12.2 Å². The Bertz CT molecular complexity index is 957. The quantitative estimate of drug-likeness (QED) is 0.653. The van der Waals surface area contributed by atoms with E-state index in [0.717, 1.165) is 12.1 Å². The second-order valence-corrected chi connectivity index (χ2v) is 7.15. The zero-order valence-corrected chi connectivity index (χ0v) is 17.8. The average molecular weight is 426 g/mol. The van der Waals surface area contributed by atoms with Crippen molar-refractivity contribution in [1.29, 1.82) is 0 Å². The summed E-state index contributed by atoms with van der Waals surface area (Å²) in [7, 11) is 3.00. The minimum absolute atomic E-state index is 0.0578. The van der Waals surface area contributed by atoms with E-state index in [4.69, 9.17) is 14.2 Å². The molecule has 1 unspecified atom stereocenters. The molecule has 0 bridgehead atoms. The fraction of sp³-hybridized carbons (Fsp3) is 0.348. The molecule has 0 saturated carbocycles. The van der Waals surface area contributed by atoms with E-state index in [1.165, 1.54) is 19.8 Å². The molecule has 8 nitrogen and oxygen atoms in total. The van der Waals surface area contributed by atoms with Crippen LogP contribution in [0.2, 0.25) is 0 Å². The third kappa shape index (κ3) is 5.33. The predicted octanol–water partition coefficient (Wildman–Crippen LogP) is 2.80. The highest BCUT2D eigenvalue weighted by molar-refractivity contribution is 6.00. The van der Waals surface area contributed by atoms with Crippen molar-refractivity contribution in [2.24, 2.45) is 5.92 Å². The second-order valence-electron chi connectivity index (χ2n) is 7.15. The third-order valence-corrected chi connectivity index (χ3v) is 5.14. The zero-order valence-electron chi connectivity index (χ0n) is 17.8. The summed E-state index contributed by atoms with van der Waals surface area (Å²) in [5.74, 6) is -0.822. The Morgan fingerprint density at radius 2 is 1.84 bits per heavy atom. The number of ether oxygens (including phenoxy) is 3. The minimum Gasteiger partial charge on any atom is -0.497 e. The maximum atomic E-state index is 12.4. The molecule has 8 heteroatoms. The van der Waals surface area contributed by atoms with Crippen LogP contribution < -0.4 is 19.7 Å². The molecule has 2 aromatic carbocycles. The van der Waals surface area contributed by atoms with Gasteiger partial charge in [0.2, 0.25) is 5.91 Å². The molecule has 1 heterocycles. The van der Waals surface area contributed by atoms with Crippen LogP contribution in [0.15, 0.2) is 42.5 Å². The van der Waals surface area contributed by atoms with Gasteiger partial charge in [0.1, 0.15) is 11.5 Å². The van der Waals surface area contributed by atoms with Gasteiger partial charge in [0.15, 0.2) is 6.61 Å². The van der Waals surface area contributed by atoms with Gasteiger partial charge in [-0.3, -0.25) is 14.4 Å². The first-order valence-electron chi connectivity index (χ1n) is 10.0. The molecule has 2 amide bonds. The van der Waals surface area contributed by atoms with Crippen molar-refractivity contribution in [3.05, 3.63) is 48.0 Å². The van der Waals surface area contributed by atoms with Gasteiger partial charge in [-0.25, -0.2) is 0 Å². The first-order valence-corrected chi connectivity index (χ1v) is 10.0. The number of methoxy groups -OCH3 is 2. The highest BCUT2D eigenvalue weighted by atomic mass is 16.5. The Kier molecular flexibility index (Phi) is 7.12. The highest BCUT2D eigenvalue weighted by Crippen LogP contribution is 2.29. The third-order valence-electron chi connectivity index (χ3n) is 5.14. The Balaban J connectivity index is 1.53. The lowest BCUT2D eigenvalue weighted by Gasteiger charge is -2.17. The van der Waals surface area contributed by atoms with Crippen LogP contribution in [0.25, 0.3) is 0 Å². The number of nitrogens with one attached hydrogen (secondary N) is 1. The van der Waals surface area contributed by atoms with Gasteiger partial charge in [0, 0.05) is 24.7 Å². The molecule has 0 aliphatic carbocycles. The number of hydrogen-bond donors (Lipinski definition) is 1. The van der Waals surface area contributed by atoms with E-state index in [-0.39, 0.29) is 18.9 Å². The number of benzene rings is 2. The van der Waals surface area contributed by atoms with E-state index < -0.39 is 24.4 Å². The summed E-state index contributed by atoms with van der Waals surface area (Å²) < 4.78 is 15.5. The molecule has 0 spiro atoms. The lowest BCUT2D eigenvalue weighted by atomic mass is 10.1. The van der Waals surface area contributed by atoms with Gasteiger partial charge in [0.05, 0.1) is 25.8 Å². The first kappa shape index (κ1) is 22.1. The van der Waals surface area contributed by atoms with Crippen molar-refractivity contribution in [2.75, 3.05) is 37.6 Å². The predicted molar refractivity (Wildman–Crippen MR) is 115 cm³/mol. The van der Waals surface area contributed by atoms with Gasteiger partial charge in [-0.05, 0) is 36.2 Å². The minimum atomic E-state index is -0.610. The van der Waals surface area contributed by atoms with Crippen molar-refractivity contribution >= 4 is 29.2 Å². The molecule has 31 heavy (non-hydrogen) atoms. The normalized spacial score (nSPS) is 15.5. The average Bonchev–Trinajstić information content (AvgIpc) is 3.19. The van der Waals surface area contributed by atoms with E-state index in [0.29, 0.717) is 17.2 Å². The number of nitrogens with zero attached hydrogens (tertiary/aromatic N) is 1. The Morgan fingerprint density at radius 1 is 1.10 bits per heavy atom. The van der Waals surface area contributed by atoms with E-state index in [1.807, 2.05) is 24.3 Å². The van der Waals surface area contributed by atoms with Crippen LogP contribution in [0.5, 0.6) is 11.5 Å². The summed E-state index contributed by atoms with van der Waals surface area (Å²) in [6.45, 7) is 1.84. The van der Waals surface area contributed by atoms with Crippen LogP contribution in [0.3, 0.4) is 0 Å². The molecule has 0 radical (unpaired) electrons. The van der Waals surface area contributed by atoms with E-state index in [1.54, 1.807) is 23.1 Å². The number of amides is 2. The number of hydrogen-bond acceptors (Lipinski definition) is 6. The number of carbonyl (C=O) groups excluding carboxylic acids is 3.